The number of benzene rings is 1. The minimum atomic E-state index is -0.491. The second-order valence-electron chi connectivity index (χ2n) is 4.55. The number of hydrogen-bond donors (Lipinski definition) is 3. The van der Waals surface area contributed by atoms with Gasteiger partial charge in [-0.05, 0) is 19.1 Å². The minimum absolute atomic E-state index is 0.304. The first-order valence-electron chi connectivity index (χ1n) is 6.57. The first kappa shape index (κ1) is 16.0. The predicted molar refractivity (Wildman–Crippen MR) is 75.8 cm³/mol. The van der Waals surface area contributed by atoms with Gasteiger partial charge in [-0.2, -0.15) is 0 Å². The Hall–Kier alpha value is -2.08. The highest BCUT2D eigenvalue weighted by molar-refractivity contribution is 5.96. The van der Waals surface area contributed by atoms with Crippen molar-refractivity contribution in [3.8, 4) is 5.75 Å². The fourth-order valence-electron chi connectivity index (χ4n) is 1.57. The summed E-state index contributed by atoms with van der Waals surface area (Å²) in [4.78, 5) is 23.8. The Balaban J connectivity index is 2.32. The highest BCUT2D eigenvalue weighted by atomic mass is 16.5. The molecule has 0 spiro atoms. The van der Waals surface area contributed by atoms with Crippen molar-refractivity contribution in [1.82, 2.24) is 10.6 Å². The van der Waals surface area contributed by atoms with Crippen LogP contribution in [0.5, 0.6) is 5.75 Å². The molecule has 1 rings (SSSR count). The number of carbonyl (C=O) groups is 2. The van der Waals surface area contributed by atoms with Crippen molar-refractivity contribution in [3.05, 3.63) is 30.3 Å². The quantitative estimate of drug-likeness (QED) is 0.653. The molecule has 6 heteroatoms. The van der Waals surface area contributed by atoms with Crippen molar-refractivity contribution in [2.24, 2.45) is 0 Å². The number of quaternary nitrogens is 1. The molecule has 1 aromatic rings. The average molecular weight is 280 g/mol. The molecule has 2 atom stereocenters. The first-order valence-corrected chi connectivity index (χ1v) is 6.57. The Kier molecular flexibility index (Phi) is 6.52. The monoisotopic (exact) mass is 280 g/mol. The summed E-state index contributed by atoms with van der Waals surface area (Å²) < 4.78 is 5.58. The molecule has 110 valence electrons. The molecule has 0 radical (unpaired) electrons. The van der Waals surface area contributed by atoms with E-state index in [0.29, 0.717) is 13.2 Å². The summed E-state index contributed by atoms with van der Waals surface area (Å²) in [7, 11) is 3.36. The van der Waals surface area contributed by atoms with E-state index in [1.165, 1.54) is 7.05 Å². The van der Waals surface area contributed by atoms with Crippen molar-refractivity contribution in [1.29, 1.82) is 0 Å². The molecule has 6 nitrogen and oxygen atoms in total. The Morgan fingerprint density at radius 1 is 1.30 bits per heavy atom. The molecule has 0 aliphatic heterocycles. The number of likely N-dealkylation sites (N-methyl/N-ethyl adjacent to an activating group) is 1. The van der Waals surface area contributed by atoms with Gasteiger partial charge < -0.3 is 15.0 Å². The number of amides is 3. The zero-order valence-corrected chi connectivity index (χ0v) is 12.1. The Morgan fingerprint density at radius 3 is 2.55 bits per heavy atom. The molecule has 20 heavy (non-hydrogen) atoms. The lowest BCUT2D eigenvalue weighted by molar-refractivity contribution is -0.894. The molecule has 0 aromatic heterocycles. The predicted octanol–water partition coefficient (Wildman–Crippen LogP) is -0.576. The summed E-state index contributed by atoms with van der Waals surface area (Å²) in [5.41, 5.74) is 0. The number of rotatable bonds is 6. The summed E-state index contributed by atoms with van der Waals surface area (Å²) >= 11 is 0. The first-order chi connectivity index (χ1) is 9.54. The third-order valence-corrected chi connectivity index (χ3v) is 3.10. The van der Waals surface area contributed by atoms with Gasteiger partial charge in [-0.15, -0.1) is 0 Å². The lowest BCUT2D eigenvalue weighted by Crippen LogP contribution is -3.14. The Morgan fingerprint density at radius 2 is 1.95 bits per heavy atom. The number of urea groups is 1. The number of nitrogens with one attached hydrogen (secondary N) is 3. The van der Waals surface area contributed by atoms with Crippen molar-refractivity contribution in [2.75, 3.05) is 27.2 Å². The van der Waals surface area contributed by atoms with Crippen molar-refractivity contribution in [2.45, 2.75) is 13.0 Å². The van der Waals surface area contributed by atoms with Crippen LogP contribution in [0.1, 0.15) is 6.92 Å². The molecule has 0 aliphatic carbocycles. The topological polar surface area (TPSA) is 71.9 Å². The van der Waals surface area contributed by atoms with Crippen molar-refractivity contribution >= 4 is 11.9 Å². The fraction of sp³-hybridized carbons (Fsp3) is 0.429. The molecule has 3 N–H and O–H groups in total. The summed E-state index contributed by atoms with van der Waals surface area (Å²) in [6.45, 7) is 2.95. The minimum Gasteiger partial charge on any atom is -0.488 e. The summed E-state index contributed by atoms with van der Waals surface area (Å²) in [5.74, 6) is 0.504. The van der Waals surface area contributed by atoms with Gasteiger partial charge in [-0.25, -0.2) is 4.79 Å². The SMILES string of the molecule is CNC(=O)NC(=O)[C@H](C)[NH+](C)CCOc1ccccc1. The average Bonchev–Trinajstić information content (AvgIpc) is 2.47. The second-order valence-corrected chi connectivity index (χ2v) is 4.55. The van der Waals surface area contributed by atoms with E-state index in [-0.39, 0.29) is 11.9 Å². The van der Waals surface area contributed by atoms with Crippen molar-refractivity contribution < 1.29 is 19.2 Å². The van der Waals surface area contributed by atoms with Crippen LogP contribution in [0.15, 0.2) is 30.3 Å². The zero-order chi connectivity index (χ0) is 15.0. The molecule has 0 saturated carbocycles. The van der Waals surface area contributed by atoms with Gasteiger partial charge in [-0.3, -0.25) is 10.1 Å². The second kappa shape index (κ2) is 8.16. The highest BCUT2D eigenvalue weighted by Gasteiger charge is 2.22. The normalized spacial score (nSPS) is 13.2. The molecule has 1 aromatic carbocycles. The van der Waals surface area contributed by atoms with Crippen molar-refractivity contribution in [3.63, 3.8) is 0 Å². The number of hydrogen-bond acceptors (Lipinski definition) is 3. The van der Waals surface area contributed by atoms with E-state index in [4.69, 9.17) is 4.74 Å². The largest absolute Gasteiger partial charge is 0.488 e. The molecule has 0 aliphatic rings. The van der Waals surface area contributed by atoms with E-state index >= 15 is 0 Å². The number of para-hydroxylation sites is 1. The van der Waals surface area contributed by atoms with Crippen LogP contribution in [0.2, 0.25) is 0 Å². The van der Waals surface area contributed by atoms with Crippen LogP contribution in [-0.4, -0.2) is 45.2 Å². The molecule has 0 fully saturated rings. The summed E-state index contributed by atoms with van der Waals surface area (Å²) in [6, 6.07) is 8.70. The lowest BCUT2D eigenvalue weighted by atomic mass is 10.3. The third-order valence-electron chi connectivity index (χ3n) is 3.10. The zero-order valence-electron chi connectivity index (χ0n) is 12.1. The van der Waals surface area contributed by atoms with Crippen LogP contribution >= 0.6 is 0 Å². The lowest BCUT2D eigenvalue weighted by Gasteiger charge is -2.20. The number of ether oxygens (including phenoxy) is 1. The van der Waals surface area contributed by atoms with Crippen LogP contribution in [0.25, 0.3) is 0 Å². The van der Waals surface area contributed by atoms with Gasteiger partial charge in [-0.1, -0.05) is 18.2 Å². The molecule has 0 heterocycles. The molecule has 1 unspecified atom stereocenters. The molecule has 3 amide bonds. The van der Waals surface area contributed by atoms with Gasteiger partial charge in [0.15, 0.2) is 6.04 Å². The Bertz CT molecular complexity index is 437. The molecular formula is C14H22N3O3+. The summed E-state index contributed by atoms with van der Waals surface area (Å²) in [6.07, 6.45) is 0. The highest BCUT2D eigenvalue weighted by Crippen LogP contribution is 2.07. The maximum atomic E-state index is 11.8. The van der Waals surface area contributed by atoms with E-state index in [1.54, 1.807) is 6.92 Å². The van der Waals surface area contributed by atoms with E-state index in [1.807, 2.05) is 37.4 Å². The Labute approximate surface area is 119 Å². The smallest absolute Gasteiger partial charge is 0.321 e. The van der Waals surface area contributed by atoms with Crippen LogP contribution in [0, 0.1) is 0 Å². The molecule has 0 bridgehead atoms. The number of carbonyl (C=O) groups excluding carboxylic acids is 2. The van der Waals surface area contributed by atoms with Gasteiger partial charge >= 0.3 is 6.03 Å². The van der Waals surface area contributed by atoms with Gasteiger partial charge in [0.25, 0.3) is 5.91 Å². The maximum Gasteiger partial charge on any atom is 0.321 e. The maximum absolute atomic E-state index is 11.8. The van der Waals surface area contributed by atoms with Crippen LogP contribution in [0.4, 0.5) is 4.79 Å². The van der Waals surface area contributed by atoms with Gasteiger partial charge in [0.2, 0.25) is 0 Å². The van der Waals surface area contributed by atoms with Gasteiger partial charge in [0.1, 0.15) is 18.9 Å². The van der Waals surface area contributed by atoms with Gasteiger partial charge in [0.05, 0.1) is 7.05 Å². The van der Waals surface area contributed by atoms with E-state index < -0.39 is 6.03 Å². The fourth-order valence-corrected chi connectivity index (χ4v) is 1.57. The standard InChI is InChI=1S/C14H21N3O3/c1-11(13(18)16-14(19)15-2)17(3)9-10-20-12-7-5-4-6-8-12/h4-8,11H,9-10H2,1-3H3,(H2,15,16,18,19)/p+1/t11-/m0/s1. The van der Waals surface area contributed by atoms with Crippen LogP contribution < -0.4 is 20.3 Å². The molecule has 0 saturated heterocycles. The summed E-state index contributed by atoms with van der Waals surface area (Å²) in [5, 5.41) is 4.62. The van der Waals surface area contributed by atoms with Crippen LogP contribution in [-0.2, 0) is 4.79 Å². The molecular weight excluding hydrogens is 258 g/mol. The van der Waals surface area contributed by atoms with E-state index in [0.717, 1.165) is 10.6 Å². The third kappa shape index (κ3) is 5.27. The number of imide groups is 1. The van der Waals surface area contributed by atoms with E-state index in [9.17, 15) is 9.59 Å². The van der Waals surface area contributed by atoms with Crippen LogP contribution in [0.3, 0.4) is 0 Å². The van der Waals surface area contributed by atoms with E-state index in [2.05, 4.69) is 10.6 Å². The van der Waals surface area contributed by atoms with Gasteiger partial charge in [0, 0.05) is 7.05 Å².